The summed E-state index contributed by atoms with van der Waals surface area (Å²) >= 11 is 0. The standard InChI is InChI=1S/C8H7F2N/c1-11-7-4-2-6(3-5-7)8(9)10/h2-5,8H,1H2. The van der Waals surface area contributed by atoms with E-state index in [0.29, 0.717) is 5.69 Å². The zero-order valence-corrected chi connectivity index (χ0v) is 5.80. The SMILES string of the molecule is C=Nc1ccc(C(F)F)cc1. The van der Waals surface area contributed by atoms with Gasteiger partial charge in [-0.2, -0.15) is 0 Å². The van der Waals surface area contributed by atoms with Gasteiger partial charge in [0.15, 0.2) is 0 Å². The third kappa shape index (κ3) is 1.83. The van der Waals surface area contributed by atoms with Crippen LogP contribution in [0, 0.1) is 0 Å². The molecule has 0 saturated heterocycles. The molecular formula is C8H7F2N. The largest absolute Gasteiger partial charge is 0.265 e. The van der Waals surface area contributed by atoms with Crippen LogP contribution in [0.25, 0.3) is 0 Å². The van der Waals surface area contributed by atoms with Crippen molar-refractivity contribution in [2.24, 2.45) is 4.99 Å². The van der Waals surface area contributed by atoms with Gasteiger partial charge in [-0.15, -0.1) is 0 Å². The molecule has 1 nitrogen and oxygen atoms in total. The lowest BCUT2D eigenvalue weighted by molar-refractivity contribution is 0.151. The van der Waals surface area contributed by atoms with E-state index in [1.807, 2.05) is 0 Å². The fraction of sp³-hybridized carbons (Fsp3) is 0.125. The number of hydrogen-bond donors (Lipinski definition) is 0. The van der Waals surface area contributed by atoms with Gasteiger partial charge in [0.25, 0.3) is 6.43 Å². The van der Waals surface area contributed by atoms with Gasteiger partial charge in [-0.3, -0.25) is 4.99 Å². The average Bonchev–Trinajstić information content (AvgIpc) is 2.05. The fourth-order valence-electron chi connectivity index (χ4n) is 0.725. The van der Waals surface area contributed by atoms with Crippen molar-refractivity contribution in [1.82, 2.24) is 0 Å². The molecule has 0 amide bonds. The highest BCUT2D eigenvalue weighted by Gasteiger charge is 2.04. The highest BCUT2D eigenvalue weighted by Crippen LogP contribution is 2.21. The molecule has 0 N–H and O–H groups in total. The van der Waals surface area contributed by atoms with E-state index in [-0.39, 0.29) is 5.56 Å². The molecular weight excluding hydrogens is 148 g/mol. The molecule has 0 radical (unpaired) electrons. The van der Waals surface area contributed by atoms with Crippen LogP contribution in [0.1, 0.15) is 12.0 Å². The minimum atomic E-state index is -2.41. The lowest BCUT2D eigenvalue weighted by atomic mass is 10.2. The number of alkyl halides is 2. The Hall–Kier alpha value is -1.25. The Bertz CT molecular complexity index is 241. The van der Waals surface area contributed by atoms with E-state index in [2.05, 4.69) is 11.7 Å². The Kier molecular flexibility index (Phi) is 2.31. The number of nitrogens with zero attached hydrogens (tertiary/aromatic N) is 1. The van der Waals surface area contributed by atoms with Gasteiger partial charge in [0.2, 0.25) is 0 Å². The molecule has 0 aliphatic heterocycles. The van der Waals surface area contributed by atoms with E-state index >= 15 is 0 Å². The third-order valence-electron chi connectivity index (χ3n) is 1.33. The summed E-state index contributed by atoms with van der Waals surface area (Å²) in [5.41, 5.74) is 0.617. The summed E-state index contributed by atoms with van der Waals surface area (Å²) in [4.78, 5) is 3.58. The Balaban J connectivity index is 2.91. The number of benzene rings is 1. The van der Waals surface area contributed by atoms with Crippen LogP contribution in [-0.2, 0) is 0 Å². The van der Waals surface area contributed by atoms with Crippen molar-refractivity contribution in [3.8, 4) is 0 Å². The van der Waals surface area contributed by atoms with E-state index < -0.39 is 6.43 Å². The van der Waals surface area contributed by atoms with Gasteiger partial charge < -0.3 is 0 Å². The molecule has 0 aliphatic rings. The van der Waals surface area contributed by atoms with E-state index in [1.165, 1.54) is 24.3 Å². The van der Waals surface area contributed by atoms with Gasteiger partial charge >= 0.3 is 0 Å². The zero-order valence-electron chi connectivity index (χ0n) is 5.80. The van der Waals surface area contributed by atoms with Crippen molar-refractivity contribution in [1.29, 1.82) is 0 Å². The lowest BCUT2D eigenvalue weighted by Crippen LogP contribution is -1.80. The molecule has 0 aliphatic carbocycles. The Morgan fingerprint density at radius 1 is 1.18 bits per heavy atom. The predicted molar refractivity (Wildman–Crippen MR) is 40.6 cm³/mol. The molecule has 0 bridgehead atoms. The monoisotopic (exact) mass is 155 g/mol. The number of hydrogen-bond acceptors (Lipinski definition) is 1. The number of aliphatic imine (C=N–C) groups is 1. The lowest BCUT2D eigenvalue weighted by Gasteiger charge is -1.97. The minimum Gasteiger partial charge on any atom is -0.265 e. The molecule has 1 rings (SSSR count). The molecule has 11 heavy (non-hydrogen) atoms. The molecule has 58 valence electrons. The smallest absolute Gasteiger partial charge is 0.263 e. The normalized spacial score (nSPS) is 10.1. The molecule has 0 atom stereocenters. The van der Waals surface area contributed by atoms with Crippen molar-refractivity contribution in [2.75, 3.05) is 0 Å². The van der Waals surface area contributed by atoms with Gasteiger partial charge in [0, 0.05) is 5.56 Å². The van der Waals surface area contributed by atoms with Crippen LogP contribution in [0.4, 0.5) is 14.5 Å². The van der Waals surface area contributed by atoms with Crippen molar-refractivity contribution in [3.63, 3.8) is 0 Å². The molecule has 0 saturated carbocycles. The first-order valence-corrected chi connectivity index (χ1v) is 3.09. The van der Waals surface area contributed by atoms with Crippen LogP contribution in [0.2, 0.25) is 0 Å². The summed E-state index contributed by atoms with van der Waals surface area (Å²) < 4.78 is 23.9. The van der Waals surface area contributed by atoms with E-state index in [9.17, 15) is 8.78 Å². The fourth-order valence-corrected chi connectivity index (χ4v) is 0.725. The average molecular weight is 155 g/mol. The van der Waals surface area contributed by atoms with Crippen LogP contribution in [0.3, 0.4) is 0 Å². The van der Waals surface area contributed by atoms with Gasteiger partial charge in [0.05, 0.1) is 5.69 Å². The second-order valence-electron chi connectivity index (χ2n) is 2.05. The molecule has 0 fully saturated rings. The summed E-state index contributed by atoms with van der Waals surface area (Å²) in [5, 5.41) is 0. The van der Waals surface area contributed by atoms with Gasteiger partial charge in [-0.1, -0.05) is 12.1 Å². The topological polar surface area (TPSA) is 12.4 Å². The summed E-state index contributed by atoms with van der Waals surface area (Å²) in [7, 11) is 0. The zero-order chi connectivity index (χ0) is 8.27. The van der Waals surface area contributed by atoms with Crippen molar-refractivity contribution < 1.29 is 8.78 Å². The van der Waals surface area contributed by atoms with Crippen LogP contribution >= 0.6 is 0 Å². The summed E-state index contributed by atoms with van der Waals surface area (Å²) in [6.45, 7) is 3.27. The molecule has 0 heterocycles. The van der Waals surface area contributed by atoms with Crippen molar-refractivity contribution in [2.45, 2.75) is 6.43 Å². The summed E-state index contributed by atoms with van der Waals surface area (Å²) in [5.74, 6) is 0. The van der Waals surface area contributed by atoms with Gasteiger partial charge in [0.1, 0.15) is 0 Å². The van der Waals surface area contributed by atoms with Crippen molar-refractivity contribution >= 4 is 12.4 Å². The maximum Gasteiger partial charge on any atom is 0.263 e. The first-order chi connectivity index (χ1) is 5.24. The highest BCUT2D eigenvalue weighted by molar-refractivity contribution is 5.46. The molecule has 0 aromatic heterocycles. The first-order valence-electron chi connectivity index (χ1n) is 3.09. The van der Waals surface area contributed by atoms with E-state index in [0.717, 1.165) is 0 Å². The maximum atomic E-state index is 12.0. The predicted octanol–water partition coefficient (Wildman–Crippen LogP) is 2.96. The van der Waals surface area contributed by atoms with E-state index in [1.54, 1.807) is 0 Å². The molecule has 3 heteroatoms. The minimum absolute atomic E-state index is 0.0115. The summed E-state index contributed by atoms with van der Waals surface area (Å²) in [6, 6.07) is 5.70. The van der Waals surface area contributed by atoms with Gasteiger partial charge in [-0.25, -0.2) is 8.78 Å². The number of halogens is 2. The second kappa shape index (κ2) is 3.23. The highest BCUT2D eigenvalue weighted by atomic mass is 19.3. The van der Waals surface area contributed by atoms with Crippen molar-refractivity contribution in [3.05, 3.63) is 29.8 Å². The molecule has 0 spiro atoms. The van der Waals surface area contributed by atoms with Crippen LogP contribution < -0.4 is 0 Å². The molecule has 1 aromatic rings. The Labute approximate surface area is 63.4 Å². The molecule has 0 unspecified atom stereocenters. The second-order valence-corrected chi connectivity index (χ2v) is 2.05. The van der Waals surface area contributed by atoms with Crippen LogP contribution in [0.5, 0.6) is 0 Å². The molecule has 1 aromatic carbocycles. The third-order valence-corrected chi connectivity index (χ3v) is 1.33. The quantitative estimate of drug-likeness (QED) is 0.582. The Morgan fingerprint density at radius 3 is 2.09 bits per heavy atom. The Morgan fingerprint density at radius 2 is 1.73 bits per heavy atom. The first kappa shape index (κ1) is 7.85. The number of rotatable bonds is 2. The van der Waals surface area contributed by atoms with Gasteiger partial charge in [-0.05, 0) is 18.9 Å². The van der Waals surface area contributed by atoms with Crippen LogP contribution in [0.15, 0.2) is 29.3 Å². The summed E-state index contributed by atoms with van der Waals surface area (Å²) in [6.07, 6.45) is -2.41. The van der Waals surface area contributed by atoms with E-state index in [4.69, 9.17) is 0 Å². The maximum absolute atomic E-state index is 12.0. The van der Waals surface area contributed by atoms with Crippen LogP contribution in [-0.4, -0.2) is 6.72 Å².